The Morgan fingerprint density at radius 1 is 0.950 bits per heavy atom. The van der Waals surface area contributed by atoms with Crippen molar-refractivity contribution in [2.45, 2.75) is 13.0 Å². The van der Waals surface area contributed by atoms with E-state index in [0.29, 0.717) is 20.6 Å². The van der Waals surface area contributed by atoms with Gasteiger partial charge in [-0.25, -0.2) is 14.6 Å². The summed E-state index contributed by atoms with van der Waals surface area (Å²) in [7, 11) is 3.46. The highest BCUT2D eigenvalue weighted by Crippen LogP contribution is 2.35. The molecule has 0 saturated heterocycles. The van der Waals surface area contributed by atoms with E-state index in [4.69, 9.17) is 9.73 Å². The Labute approximate surface area is 233 Å². The van der Waals surface area contributed by atoms with Crippen molar-refractivity contribution < 1.29 is 9.53 Å². The number of hydrogen-bond acceptors (Lipinski definition) is 6. The number of ether oxygens (including phenoxy) is 1. The minimum atomic E-state index is -0.716. The van der Waals surface area contributed by atoms with Crippen LogP contribution in [0.4, 0.5) is 0 Å². The molecule has 0 unspecified atom stereocenters. The van der Waals surface area contributed by atoms with Crippen molar-refractivity contribution in [3.05, 3.63) is 131 Å². The highest BCUT2D eigenvalue weighted by Gasteiger charge is 2.35. The molecule has 8 nitrogen and oxygen atoms in total. The van der Waals surface area contributed by atoms with Gasteiger partial charge in [0.05, 0.1) is 39.5 Å². The van der Waals surface area contributed by atoms with Gasteiger partial charge < -0.3 is 4.74 Å². The molecule has 0 spiro atoms. The maximum atomic E-state index is 14.0. The lowest BCUT2D eigenvalue weighted by Gasteiger charge is -2.25. The zero-order valence-corrected chi connectivity index (χ0v) is 23.0. The van der Waals surface area contributed by atoms with Crippen LogP contribution in [-0.2, 0) is 23.6 Å². The van der Waals surface area contributed by atoms with E-state index in [-0.39, 0.29) is 17.9 Å². The molecule has 0 bridgehead atoms. The molecule has 2 aromatic heterocycles. The van der Waals surface area contributed by atoms with E-state index in [0.717, 1.165) is 27.7 Å². The van der Waals surface area contributed by atoms with Crippen LogP contribution in [0.2, 0.25) is 0 Å². The first-order chi connectivity index (χ1) is 19.4. The quantitative estimate of drug-likeness (QED) is 0.315. The number of aromatic nitrogens is 3. The second kappa shape index (κ2) is 10.1. The number of hydrogen-bond donors (Lipinski definition) is 0. The third-order valence-corrected chi connectivity index (χ3v) is 8.07. The Balaban J connectivity index is 1.62. The van der Waals surface area contributed by atoms with Crippen molar-refractivity contribution in [2.24, 2.45) is 19.1 Å². The number of imidazole rings is 1. The fourth-order valence-corrected chi connectivity index (χ4v) is 6.16. The van der Waals surface area contributed by atoms with Crippen LogP contribution in [-0.4, -0.2) is 26.3 Å². The number of carbonyl (C=O) groups is 1. The molecule has 3 heterocycles. The van der Waals surface area contributed by atoms with Crippen LogP contribution < -0.4 is 20.6 Å². The van der Waals surface area contributed by atoms with Gasteiger partial charge in [0.2, 0.25) is 0 Å². The third kappa shape index (κ3) is 4.15. The van der Waals surface area contributed by atoms with Crippen LogP contribution in [0.1, 0.15) is 29.7 Å². The molecule has 0 amide bonds. The van der Waals surface area contributed by atoms with Gasteiger partial charge in [0.25, 0.3) is 5.56 Å². The van der Waals surface area contributed by atoms with Gasteiger partial charge >= 0.3 is 11.7 Å². The number of rotatable bonds is 5. The summed E-state index contributed by atoms with van der Waals surface area (Å²) in [6, 6.07) is 23.9. The van der Waals surface area contributed by atoms with E-state index in [1.165, 1.54) is 11.3 Å². The maximum Gasteiger partial charge on any atom is 0.338 e. The van der Waals surface area contributed by atoms with Crippen LogP contribution >= 0.6 is 11.3 Å². The van der Waals surface area contributed by atoms with E-state index in [9.17, 15) is 14.4 Å². The average molecular weight is 551 g/mol. The van der Waals surface area contributed by atoms with Crippen LogP contribution in [0.3, 0.4) is 0 Å². The molecule has 9 heteroatoms. The predicted molar refractivity (Wildman–Crippen MR) is 156 cm³/mol. The fourth-order valence-electron chi connectivity index (χ4n) is 5.16. The van der Waals surface area contributed by atoms with E-state index in [1.807, 2.05) is 78.9 Å². The van der Waals surface area contributed by atoms with Gasteiger partial charge in [-0.2, -0.15) is 0 Å². The first-order valence-electron chi connectivity index (χ1n) is 12.9. The number of benzene rings is 3. The number of thiazole rings is 1. The largest absolute Gasteiger partial charge is 0.463 e. The van der Waals surface area contributed by atoms with Gasteiger partial charge in [0, 0.05) is 19.7 Å². The Kier molecular flexibility index (Phi) is 6.43. The molecular weight excluding hydrogens is 524 g/mol. The molecule has 1 atom stereocenters. The molecule has 40 heavy (non-hydrogen) atoms. The number of aryl methyl sites for hydroxylation is 2. The standard InChI is InChI=1S/C31H26N4O4S/c1-4-39-29(37)25-26(20-11-7-5-8-12-20)32-30-35(27(25)21-13-9-6-10-14-21)28(36)24(40-30)18-19-15-16-22-23(17-19)34(3)31(38)33(22)2/h5-18,27H,4H2,1-3H3/b24-18+/t27-/m0/s1. The lowest BCUT2D eigenvalue weighted by Crippen LogP contribution is -2.39. The van der Waals surface area contributed by atoms with E-state index in [2.05, 4.69) is 0 Å². The fraction of sp³-hybridized carbons (Fsp3) is 0.161. The summed E-state index contributed by atoms with van der Waals surface area (Å²) in [5.41, 5.74) is 4.34. The molecular formula is C31H26N4O4S. The number of carbonyl (C=O) groups excluding carboxylic acids is 1. The summed E-state index contributed by atoms with van der Waals surface area (Å²) >= 11 is 1.27. The van der Waals surface area contributed by atoms with Crippen molar-refractivity contribution >= 4 is 40.1 Å². The molecule has 1 aliphatic heterocycles. The van der Waals surface area contributed by atoms with E-state index >= 15 is 0 Å². The summed E-state index contributed by atoms with van der Waals surface area (Å²) in [4.78, 5) is 45.3. The van der Waals surface area contributed by atoms with Crippen molar-refractivity contribution in [1.82, 2.24) is 13.7 Å². The summed E-state index contributed by atoms with van der Waals surface area (Å²) in [6.45, 7) is 1.95. The molecule has 0 aliphatic carbocycles. The monoisotopic (exact) mass is 550 g/mol. The second-order valence-electron chi connectivity index (χ2n) is 9.49. The summed E-state index contributed by atoms with van der Waals surface area (Å²) in [6.07, 6.45) is 1.80. The molecule has 200 valence electrons. The topological polar surface area (TPSA) is 87.6 Å². The first-order valence-corrected chi connectivity index (χ1v) is 13.7. The normalized spacial score (nSPS) is 15.3. The van der Waals surface area contributed by atoms with Crippen molar-refractivity contribution in [1.29, 1.82) is 0 Å². The van der Waals surface area contributed by atoms with Crippen LogP contribution in [0.15, 0.2) is 99.0 Å². The van der Waals surface area contributed by atoms with Crippen molar-refractivity contribution in [2.75, 3.05) is 6.61 Å². The van der Waals surface area contributed by atoms with Crippen LogP contribution in [0, 0.1) is 0 Å². The molecule has 6 rings (SSSR count). The minimum absolute atomic E-state index is 0.116. The second-order valence-corrected chi connectivity index (χ2v) is 10.5. The van der Waals surface area contributed by atoms with Crippen molar-refractivity contribution in [3.63, 3.8) is 0 Å². The zero-order valence-electron chi connectivity index (χ0n) is 22.2. The summed E-state index contributed by atoms with van der Waals surface area (Å²) in [5, 5.41) is 0. The lowest BCUT2D eigenvalue weighted by molar-refractivity contribution is -0.138. The van der Waals surface area contributed by atoms with Gasteiger partial charge in [-0.3, -0.25) is 18.5 Å². The zero-order chi connectivity index (χ0) is 28.0. The molecule has 0 radical (unpaired) electrons. The Morgan fingerprint density at radius 3 is 2.33 bits per heavy atom. The SMILES string of the molecule is CCOC(=O)C1=C(c2ccccc2)N=c2s/c(=C/c3ccc4c(c3)n(C)c(=O)n4C)c(=O)n2[C@H]1c1ccccc1. The lowest BCUT2D eigenvalue weighted by atomic mass is 9.93. The highest BCUT2D eigenvalue weighted by molar-refractivity contribution is 7.07. The third-order valence-electron chi connectivity index (χ3n) is 7.08. The maximum absolute atomic E-state index is 14.0. The van der Waals surface area contributed by atoms with Crippen molar-refractivity contribution in [3.8, 4) is 0 Å². The number of fused-ring (bicyclic) bond motifs is 2. The summed E-state index contributed by atoms with van der Waals surface area (Å²) < 4.78 is 10.7. The van der Waals surface area contributed by atoms with E-state index < -0.39 is 12.0 Å². The molecule has 1 aliphatic rings. The first kappa shape index (κ1) is 25.5. The molecule has 3 aromatic carbocycles. The molecule has 0 saturated carbocycles. The Hall–Kier alpha value is -4.76. The molecule has 0 N–H and O–H groups in total. The smallest absolute Gasteiger partial charge is 0.338 e. The van der Waals surface area contributed by atoms with Crippen LogP contribution in [0.5, 0.6) is 0 Å². The molecule has 0 fully saturated rings. The Morgan fingerprint density at radius 2 is 1.62 bits per heavy atom. The van der Waals surface area contributed by atoms with Gasteiger partial charge in [0.15, 0.2) is 4.80 Å². The Bertz CT molecular complexity index is 2050. The molecule has 5 aromatic rings. The van der Waals surface area contributed by atoms with Crippen LogP contribution in [0.25, 0.3) is 22.8 Å². The van der Waals surface area contributed by atoms with Gasteiger partial charge in [-0.15, -0.1) is 0 Å². The highest BCUT2D eigenvalue weighted by atomic mass is 32.1. The predicted octanol–water partition coefficient (Wildman–Crippen LogP) is 3.13. The minimum Gasteiger partial charge on any atom is -0.463 e. The summed E-state index contributed by atoms with van der Waals surface area (Å²) in [5.74, 6) is -0.510. The van der Waals surface area contributed by atoms with E-state index in [1.54, 1.807) is 40.8 Å². The van der Waals surface area contributed by atoms with Gasteiger partial charge in [-0.1, -0.05) is 78.1 Å². The van der Waals surface area contributed by atoms with Gasteiger partial charge in [0.1, 0.15) is 0 Å². The van der Waals surface area contributed by atoms with Gasteiger partial charge in [-0.05, 0) is 36.3 Å². The average Bonchev–Trinajstić information content (AvgIpc) is 3.40. The number of esters is 1. The number of nitrogens with zero attached hydrogens (tertiary/aromatic N) is 4.